The van der Waals surface area contributed by atoms with Gasteiger partial charge in [-0.25, -0.2) is 0 Å². The van der Waals surface area contributed by atoms with Crippen LogP contribution in [0.2, 0.25) is 0 Å². The largest absolute Gasteiger partial charge is 0.376 e. The summed E-state index contributed by atoms with van der Waals surface area (Å²) < 4.78 is 11.5. The number of ether oxygens (including phenoxy) is 2. The fraction of sp³-hybridized carbons (Fsp3) is 1.00. The number of nitrogens with two attached hydrogens (primary N) is 1. The van der Waals surface area contributed by atoms with Crippen molar-refractivity contribution in [2.45, 2.75) is 70.6 Å². The Morgan fingerprint density at radius 1 is 1.38 bits per heavy atom. The van der Waals surface area contributed by atoms with E-state index in [1.807, 2.05) is 0 Å². The van der Waals surface area contributed by atoms with E-state index < -0.39 is 0 Å². The lowest BCUT2D eigenvalue weighted by atomic mass is 10.0. The van der Waals surface area contributed by atoms with Crippen LogP contribution in [0.4, 0.5) is 0 Å². The molecular weight excluding hydrogens is 202 g/mol. The minimum absolute atomic E-state index is 0.179. The normalized spacial score (nSPS) is 25.3. The van der Waals surface area contributed by atoms with E-state index >= 15 is 0 Å². The third kappa shape index (κ3) is 4.81. The van der Waals surface area contributed by atoms with Gasteiger partial charge in [0.25, 0.3) is 0 Å². The highest BCUT2D eigenvalue weighted by atomic mass is 16.5. The minimum Gasteiger partial charge on any atom is -0.376 e. The summed E-state index contributed by atoms with van der Waals surface area (Å²) in [7, 11) is 0. The van der Waals surface area contributed by atoms with E-state index in [4.69, 9.17) is 15.2 Å². The van der Waals surface area contributed by atoms with Gasteiger partial charge in [-0.15, -0.1) is 0 Å². The van der Waals surface area contributed by atoms with Crippen LogP contribution in [0.1, 0.15) is 52.4 Å². The van der Waals surface area contributed by atoms with Gasteiger partial charge in [0.15, 0.2) is 0 Å². The first-order valence-corrected chi connectivity index (χ1v) is 6.76. The second kappa shape index (κ2) is 8.04. The van der Waals surface area contributed by atoms with Crippen molar-refractivity contribution in [3.05, 3.63) is 0 Å². The highest BCUT2D eigenvalue weighted by Crippen LogP contribution is 2.15. The summed E-state index contributed by atoms with van der Waals surface area (Å²) in [4.78, 5) is 0. The van der Waals surface area contributed by atoms with Crippen LogP contribution in [-0.2, 0) is 9.47 Å². The Morgan fingerprint density at radius 2 is 2.19 bits per heavy atom. The van der Waals surface area contributed by atoms with Gasteiger partial charge in [-0.05, 0) is 32.1 Å². The van der Waals surface area contributed by atoms with E-state index in [0.29, 0.717) is 6.10 Å². The van der Waals surface area contributed by atoms with Gasteiger partial charge in [0, 0.05) is 12.6 Å². The smallest absolute Gasteiger partial charge is 0.0808 e. The number of hydrogen-bond donors (Lipinski definition) is 1. The van der Waals surface area contributed by atoms with Gasteiger partial charge < -0.3 is 15.2 Å². The number of hydrogen-bond acceptors (Lipinski definition) is 3. The van der Waals surface area contributed by atoms with Crippen LogP contribution < -0.4 is 5.73 Å². The maximum absolute atomic E-state index is 6.09. The second-order valence-corrected chi connectivity index (χ2v) is 4.72. The van der Waals surface area contributed by atoms with Crippen LogP contribution in [0.25, 0.3) is 0 Å². The van der Waals surface area contributed by atoms with E-state index in [1.54, 1.807) is 0 Å². The molecule has 0 aromatic carbocycles. The maximum Gasteiger partial charge on any atom is 0.0808 e. The van der Waals surface area contributed by atoms with Gasteiger partial charge in [0.05, 0.1) is 18.8 Å². The van der Waals surface area contributed by atoms with Gasteiger partial charge in [0.1, 0.15) is 0 Å². The van der Waals surface area contributed by atoms with Gasteiger partial charge >= 0.3 is 0 Å². The van der Waals surface area contributed by atoms with Crippen LogP contribution in [0.15, 0.2) is 0 Å². The Bertz CT molecular complexity index is 169. The molecule has 1 saturated heterocycles. The molecule has 1 rings (SSSR count). The van der Waals surface area contributed by atoms with Crippen molar-refractivity contribution in [1.82, 2.24) is 0 Å². The van der Waals surface area contributed by atoms with Gasteiger partial charge in [-0.2, -0.15) is 0 Å². The quantitative estimate of drug-likeness (QED) is 0.729. The lowest BCUT2D eigenvalue weighted by molar-refractivity contribution is -0.0692. The van der Waals surface area contributed by atoms with E-state index in [9.17, 15) is 0 Å². The van der Waals surface area contributed by atoms with E-state index in [2.05, 4.69) is 13.8 Å². The lowest BCUT2D eigenvalue weighted by Crippen LogP contribution is -2.38. The van der Waals surface area contributed by atoms with Crippen LogP contribution >= 0.6 is 0 Å². The maximum atomic E-state index is 6.09. The molecule has 1 aliphatic rings. The molecule has 3 atom stereocenters. The van der Waals surface area contributed by atoms with Gasteiger partial charge in [-0.1, -0.05) is 20.3 Å². The molecule has 0 bridgehead atoms. The predicted octanol–water partition coefficient (Wildman–Crippen LogP) is 2.48. The van der Waals surface area contributed by atoms with Gasteiger partial charge in [-0.3, -0.25) is 0 Å². The molecular formula is C13H27NO2. The van der Waals surface area contributed by atoms with Crippen molar-refractivity contribution in [3.63, 3.8) is 0 Å². The molecule has 0 aliphatic carbocycles. The molecule has 3 nitrogen and oxygen atoms in total. The molecule has 3 unspecified atom stereocenters. The summed E-state index contributed by atoms with van der Waals surface area (Å²) in [6.07, 6.45) is 7.27. The fourth-order valence-corrected chi connectivity index (χ4v) is 2.23. The molecule has 1 fully saturated rings. The first kappa shape index (κ1) is 13.9. The molecule has 0 aromatic heterocycles. The average Bonchev–Trinajstić information content (AvgIpc) is 2.31. The van der Waals surface area contributed by atoms with E-state index in [0.717, 1.165) is 38.9 Å². The molecule has 0 saturated carbocycles. The summed E-state index contributed by atoms with van der Waals surface area (Å²) in [6.45, 7) is 5.92. The zero-order valence-corrected chi connectivity index (χ0v) is 10.8. The standard InChI is InChI=1S/C13H27NO2/c1-3-7-12(14)13(4-2)16-10-11-8-5-6-9-15-11/h11-13H,3-10,14H2,1-2H3. The Labute approximate surface area is 99.7 Å². The zero-order valence-electron chi connectivity index (χ0n) is 10.8. The fourth-order valence-electron chi connectivity index (χ4n) is 2.23. The third-order valence-corrected chi connectivity index (χ3v) is 3.27. The van der Waals surface area contributed by atoms with Crippen molar-refractivity contribution >= 4 is 0 Å². The van der Waals surface area contributed by atoms with Crippen LogP contribution in [0, 0.1) is 0 Å². The van der Waals surface area contributed by atoms with Crippen molar-refractivity contribution in [1.29, 1.82) is 0 Å². The molecule has 0 aromatic rings. The molecule has 0 radical (unpaired) electrons. The molecule has 16 heavy (non-hydrogen) atoms. The molecule has 0 amide bonds. The van der Waals surface area contributed by atoms with Crippen molar-refractivity contribution in [2.24, 2.45) is 5.73 Å². The Kier molecular flexibility index (Phi) is 7.01. The first-order valence-electron chi connectivity index (χ1n) is 6.76. The highest BCUT2D eigenvalue weighted by Gasteiger charge is 2.19. The van der Waals surface area contributed by atoms with E-state index in [1.165, 1.54) is 12.8 Å². The summed E-state index contributed by atoms with van der Waals surface area (Å²) in [5.41, 5.74) is 6.09. The Morgan fingerprint density at radius 3 is 2.75 bits per heavy atom. The van der Waals surface area contributed by atoms with Crippen molar-refractivity contribution < 1.29 is 9.47 Å². The summed E-state index contributed by atoms with van der Waals surface area (Å²) in [6, 6.07) is 0.179. The lowest BCUT2D eigenvalue weighted by Gasteiger charge is -2.27. The van der Waals surface area contributed by atoms with Crippen LogP contribution in [-0.4, -0.2) is 31.5 Å². The summed E-state index contributed by atoms with van der Waals surface area (Å²) in [5, 5.41) is 0. The summed E-state index contributed by atoms with van der Waals surface area (Å²) >= 11 is 0. The van der Waals surface area contributed by atoms with E-state index in [-0.39, 0.29) is 12.1 Å². The van der Waals surface area contributed by atoms with Crippen molar-refractivity contribution in [2.75, 3.05) is 13.2 Å². The second-order valence-electron chi connectivity index (χ2n) is 4.72. The van der Waals surface area contributed by atoms with Crippen molar-refractivity contribution in [3.8, 4) is 0 Å². The molecule has 1 heterocycles. The first-order chi connectivity index (χ1) is 7.77. The SMILES string of the molecule is CCCC(N)C(CC)OCC1CCCCO1. The highest BCUT2D eigenvalue weighted by molar-refractivity contribution is 4.73. The summed E-state index contributed by atoms with van der Waals surface area (Å²) in [5.74, 6) is 0. The minimum atomic E-state index is 0.179. The third-order valence-electron chi connectivity index (χ3n) is 3.27. The Balaban J connectivity index is 2.21. The van der Waals surface area contributed by atoms with Crippen LogP contribution in [0.3, 0.4) is 0 Å². The molecule has 96 valence electrons. The predicted molar refractivity (Wildman–Crippen MR) is 66.5 cm³/mol. The Hall–Kier alpha value is -0.120. The molecule has 2 N–H and O–H groups in total. The number of rotatable bonds is 7. The zero-order chi connectivity index (χ0) is 11.8. The monoisotopic (exact) mass is 229 g/mol. The molecule has 3 heteroatoms. The average molecular weight is 229 g/mol. The molecule has 1 aliphatic heterocycles. The topological polar surface area (TPSA) is 44.5 Å². The van der Waals surface area contributed by atoms with Crippen LogP contribution in [0.5, 0.6) is 0 Å². The van der Waals surface area contributed by atoms with Gasteiger partial charge in [0.2, 0.25) is 0 Å². The molecule has 0 spiro atoms.